The number of anilines is 1. The third kappa shape index (κ3) is 5.91. The summed E-state index contributed by atoms with van der Waals surface area (Å²) in [6.07, 6.45) is 0. The van der Waals surface area contributed by atoms with Gasteiger partial charge in [0.15, 0.2) is 0 Å². The van der Waals surface area contributed by atoms with Crippen molar-refractivity contribution in [3.05, 3.63) is 22.7 Å². The smallest absolute Gasteiger partial charge is 0.241 e. The summed E-state index contributed by atoms with van der Waals surface area (Å²) < 4.78 is 32.6. The Hall–Kier alpha value is -0.670. The molecule has 0 aliphatic carbocycles. The van der Waals surface area contributed by atoms with Crippen molar-refractivity contribution in [2.45, 2.75) is 4.90 Å². The van der Waals surface area contributed by atoms with E-state index in [1.54, 1.807) is 19.2 Å². The van der Waals surface area contributed by atoms with E-state index in [2.05, 4.69) is 26.0 Å². The van der Waals surface area contributed by atoms with E-state index >= 15 is 0 Å². The lowest BCUT2D eigenvalue weighted by atomic mass is 10.3. The summed E-state index contributed by atoms with van der Waals surface area (Å²) >= 11 is 3.29. The van der Waals surface area contributed by atoms with Crippen LogP contribution < -0.4 is 14.9 Å². The minimum absolute atomic E-state index is 0.241. The van der Waals surface area contributed by atoms with Crippen molar-refractivity contribution < 1.29 is 13.2 Å². The molecule has 2 N–H and O–H groups in total. The number of ether oxygens (including phenoxy) is 1. The zero-order chi connectivity index (χ0) is 15.9. The van der Waals surface area contributed by atoms with Gasteiger partial charge in [0.25, 0.3) is 0 Å². The second-order valence-electron chi connectivity index (χ2n) is 4.65. The second kappa shape index (κ2) is 8.70. The van der Waals surface area contributed by atoms with Gasteiger partial charge in [-0.15, -0.1) is 0 Å². The molecule has 0 bridgehead atoms. The van der Waals surface area contributed by atoms with Crippen molar-refractivity contribution in [2.75, 3.05) is 52.3 Å². The van der Waals surface area contributed by atoms with Gasteiger partial charge in [-0.25, -0.2) is 13.1 Å². The van der Waals surface area contributed by atoms with Crippen LogP contribution in [0, 0.1) is 0 Å². The van der Waals surface area contributed by atoms with E-state index in [0.717, 1.165) is 5.69 Å². The topological polar surface area (TPSA) is 70.7 Å². The van der Waals surface area contributed by atoms with Crippen LogP contribution in [0.15, 0.2) is 27.6 Å². The van der Waals surface area contributed by atoms with E-state index in [1.807, 2.05) is 25.1 Å². The second-order valence-corrected chi connectivity index (χ2v) is 7.24. The van der Waals surface area contributed by atoms with E-state index in [0.29, 0.717) is 30.7 Å². The molecule has 0 saturated carbocycles. The molecule has 0 amide bonds. The maximum atomic E-state index is 12.3. The standard InChI is InChI=1S/C13H22BrN3O3S/c1-17(2)11-4-5-12(14)13(10-11)21(18,19)16-7-6-15-8-9-20-3/h4-5,10,15-16H,6-9H2,1-3H3. The Morgan fingerprint density at radius 3 is 2.57 bits per heavy atom. The Morgan fingerprint density at radius 2 is 1.95 bits per heavy atom. The molecule has 21 heavy (non-hydrogen) atoms. The molecule has 1 aromatic carbocycles. The lowest BCUT2D eigenvalue weighted by Gasteiger charge is -2.15. The number of halogens is 1. The summed E-state index contributed by atoms with van der Waals surface area (Å²) in [6, 6.07) is 5.24. The van der Waals surface area contributed by atoms with Crippen LogP contribution >= 0.6 is 15.9 Å². The van der Waals surface area contributed by atoms with E-state index in [9.17, 15) is 8.42 Å². The lowest BCUT2D eigenvalue weighted by molar-refractivity contribution is 0.199. The molecule has 0 aliphatic heterocycles. The summed E-state index contributed by atoms with van der Waals surface area (Å²) in [5, 5.41) is 3.08. The van der Waals surface area contributed by atoms with Gasteiger partial charge in [0.2, 0.25) is 10.0 Å². The lowest BCUT2D eigenvalue weighted by Crippen LogP contribution is -2.33. The largest absolute Gasteiger partial charge is 0.383 e. The van der Waals surface area contributed by atoms with Crippen LogP contribution in [0.2, 0.25) is 0 Å². The fourth-order valence-electron chi connectivity index (χ4n) is 1.63. The van der Waals surface area contributed by atoms with Crippen LogP contribution in [0.25, 0.3) is 0 Å². The highest BCUT2D eigenvalue weighted by Gasteiger charge is 2.18. The Balaban J connectivity index is 2.67. The first-order valence-corrected chi connectivity index (χ1v) is 8.82. The van der Waals surface area contributed by atoms with Crippen molar-refractivity contribution in [2.24, 2.45) is 0 Å². The number of nitrogens with one attached hydrogen (secondary N) is 2. The van der Waals surface area contributed by atoms with Gasteiger partial charge in [-0.1, -0.05) is 0 Å². The summed E-state index contributed by atoms with van der Waals surface area (Å²) in [7, 11) is 1.83. The third-order valence-electron chi connectivity index (χ3n) is 2.80. The average Bonchev–Trinajstić information content (AvgIpc) is 2.42. The maximum Gasteiger partial charge on any atom is 0.241 e. The number of hydrogen-bond donors (Lipinski definition) is 2. The van der Waals surface area contributed by atoms with E-state index in [-0.39, 0.29) is 4.90 Å². The molecule has 0 aromatic heterocycles. The quantitative estimate of drug-likeness (QED) is 0.627. The van der Waals surface area contributed by atoms with Gasteiger partial charge in [0, 0.05) is 51.0 Å². The van der Waals surface area contributed by atoms with E-state index in [4.69, 9.17) is 4.74 Å². The molecule has 0 aliphatic rings. The Bertz CT molecular complexity index is 550. The Labute approximate surface area is 135 Å². The molecule has 0 unspecified atom stereocenters. The van der Waals surface area contributed by atoms with Crippen LogP contribution in [-0.2, 0) is 14.8 Å². The van der Waals surface area contributed by atoms with Crippen molar-refractivity contribution in [3.63, 3.8) is 0 Å². The molecule has 8 heteroatoms. The fourth-order valence-corrected chi connectivity index (χ4v) is 3.64. The number of rotatable bonds is 9. The number of sulfonamides is 1. The number of nitrogens with zero attached hydrogens (tertiary/aromatic N) is 1. The first-order valence-electron chi connectivity index (χ1n) is 6.54. The summed E-state index contributed by atoms with van der Waals surface area (Å²) in [5.74, 6) is 0. The highest BCUT2D eigenvalue weighted by Crippen LogP contribution is 2.26. The average molecular weight is 380 g/mol. The molecule has 1 aromatic rings. The van der Waals surface area contributed by atoms with Crippen LogP contribution in [0.4, 0.5) is 5.69 Å². The maximum absolute atomic E-state index is 12.3. The molecule has 0 fully saturated rings. The molecular weight excluding hydrogens is 358 g/mol. The van der Waals surface area contributed by atoms with Gasteiger partial charge in [0.1, 0.15) is 0 Å². The highest BCUT2D eigenvalue weighted by molar-refractivity contribution is 9.10. The molecule has 1 rings (SSSR count). The predicted octanol–water partition coefficient (Wildman–Crippen LogP) is 1.03. The van der Waals surface area contributed by atoms with E-state index < -0.39 is 10.0 Å². The van der Waals surface area contributed by atoms with Gasteiger partial charge in [0.05, 0.1) is 11.5 Å². The first-order chi connectivity index (χ1) is 9.88. The summed E-state index contributed by atoms with van der Waals surface area (Å²) in [5.41, 5.74) is 0.830. The highest BCUT2D eigenvalue weighted by atomic mass is 79.9. The predicted molar refractivity (Wildman–Crippen MR) is 88.4 cm³/mol. The number of methoxy groups -OCH3 is 1. The van der Waals surface area contributed by atoms with Gasteiger partial charge >= 0.3 is 0 Å². The van der Waals surface area contributed by atoms with Crippen LogP contribution in [0.5, 0.6) is 0 Å². The number of hydrogen-bond acceptors (Lipinski definition) is 5. The molecule has 0 spiro atoms. The van der Waals surface area contributed by atoms with Crippen LogP contribution in [-0.4, -0.2) is 55.9 Å². The van der Waals surface area contributed by atoms with Crippen molar-refractivity contribution >= 4 is 31.6 Å². The molecular formula is C13H22BrN3O3S. The molecule has 0 saturated heterocycles. The van der Waals surface area contributed by atoms with Crippen molar-refractivity contribution in [3.8, 4) is 0 Å². The van der Waals surface area contributed by atoms with Crippen molar-refractivity contribution in [1.29, 1.82) is 0 Å². The molecule has 6 nitrogen and oxygen atoms in total. The van der Waals surface area contributed by atoms with Crippen LogP contribution in [0.3, 0.4) is 0 Å². The van der Waals surface area contributed by atoms with Crippen LogP contribution in [0.1, 0.15) is 0 Å². The molecule has 0 atom stereocenters. The molecule has 0 heterocycles. The Kier molecular flexibility index (Phi) is 7.61. The van der Waals surface area contributed by atoms with Gasteiger partial charge in [-0.3, -0.25) is 0 Å². The minimum atomic E-state index is -3.53. The normalized spacial score (nSPS) is 11.6. The van der Waals surface area contributed by atoms with E-state index in [1.165, 1.54) is 0 Å². The molecule has 120 valence electrons. The van der Waals surface area contributed by atoms with Gasteiger partial charge < -0.3 is 15.0 Å². The monoisotopic (exact) mass is 379 g/mol. The zero-order valence-electron chi connectivity index (χ0n) is 12.5. The van der Waals surface area contributed by atoms with Crippen molar-refractivity contribution in [1.82, 2.24) is 10.0 Å². The number of benzene rings is 1. The zero-order valence-corrected chi connectivity index (χ0v) is 14.9. The Morgan fingerprint density at radius 1 is 1.24 bits per heavy atom. The van der Waals surface area contributed by atoms with Gasteiger partial charge in [-0.2, -0.15) is 0 Å². The van der Waals surface area contributed by atoms with Gasteiger partial charge in [-0.05, 0) is 34.1 Å². The SMILES string of the molecule is COCCNCCNS(=O)(=O)c1cc(N(C)C)ccc1Br. The summed E-state index contributed by atoms with van der Waals surface area (Å²) in [6.45, 7) is 2.17. The summed E-state index contributed by atoms with van der Waals surface area (Å²) in [4.78, 5) is 2.10. The first kappa shape index (κ1) is 18.4. The minimum Gasteiger partial charge on any atom is -0.383 e. The third-order valence-corrected chi connectivity index (χ3v) is 5.25. The fraction of sp³-hybridized carbons (Fsp3) is 0.538. The molecule has 0 radical (unpaired) electrons.